The maximum atomic E-state index is 11.1. The van der Waals surface area contributed by atoms with E-state index >= 15 is 0 Å². The highest BCUT2D eigenvalue weighted by Crippen LogP contribution is 2.22. The third kappa shape index (κ3) is 2.18. The Morgan fingerprint density at radius 1 is 1.67 bits per heavy atom. The zero-order valence-electron chi connectivity index (χ0n) is 8.73. The fourth-order valence-corrected chi connectivity index (χ4v) is 2.18. The van der Waals surface area contributed by atoms with E-state index < -0.39 is 0 Å². The van der Waals surface area contributed by atoms with Gasteiger partial charge in [0.15, 0.2) is 0 Å². The standard InChI is InChI=1S/C10H13N3OS/c1-7(8-4-3-5-15-8)11-10-12-9(14)6-13(10)2/h3-5,7H,6H2,1-2H3,(H,11,12,14)/t7-/m1/s1. The summed E-state index contributed by atoms with van der Waals surface area (Å²) in [5.74, 6) is 0.676. The van der Waals surface area contributed by atoms with Crippen molar-refractivity contribution in [3.05, 3.63) is 22.4 Å². The number of carbonyl (C=O) groups excluding carboxylic acids is 1. The SMILES string of the molecule is C[C@@H](N=C1NC(=O)CN1C)c1cccs1. The van der Waals surface area contributed by atoms with Gasteiger partial charge in [0.2, 0.25) is 11.9 Å². The van der Waals surface area contributed by atoms with Crippen molar-refractivity contribution in [2.45, 2.75) is 13.0 Å². The van der Waals surface area contributed by atoms with Crippen molar-refractivity contribution in [3.63, 3.8) is 0 Å². The Labute approximate surface area is 92.6 Å². The Kier molecular flexibility index (Phi) is 2.73. The first-order valence-corrected chi connectivity index (χ1v) is 5.67. The van der Waals surface area contributed by atoms with Crippen LogP contribution in [0.4, 0.5) is 0 Å². The van der Waals surface area contributed by atoms with Crippen molar-refractivity contribution in [1.82, 2.24) is 10.2 Å². The fourth-order valence-electron chi connectivity index (χ4n) is 1.46. The van der Waals surface area contributed by atoms with E-state index in [4.69, 9.17) is 0 Å². The molecule has 1 saturated heterocycles. The number of carbonyl (C=O) groups is 1. The molecule has 1 atom stereocenters. The molecular formula is C10H13N3OS. The zero-order chi connectivity index (χ0) is 10.8. The first-order valence-electron chi connectivity index (χ1n) is 4.79. The van der Waals surface area contributed by atoms with Gasteiger partial charge in [-0.1, -0.05) is 6.07 Å². The highest BCUT2D eigenvalue weighted by Gasteiger charge is 2.22. The molecule has 4 nitrogen and oxygen atoms in total. The molecule has 0 radical (unpaired) electrons. The second-order valence-electron chi connectivity index (χ2n) is 3.55. The molecule has 1 aromatic heterocycles. The number of amides is 1. The van der Waals surface area contributed by atoms with Crippen LogP contribution in [-0.2, 0) is 4.79 Å². The van der Waals surface area contributed by atoms with Crippen LogP contribution in [0.5, 0.6) is 0 Å². The Bertz CT molecular complexity index is 385. The number of hydrogen-bond acceptors (Lipinski definition) is 3. The quantitative estimate of drug-likeness (QED) is 0.819. The molecule has 0 aliphatic carbocycles. The van der Waals surface area contributed by atoms with Crippen LogP contribution in [-0.4, -0.2) is 30.4 Å². The van der Waals surface area contributed by atoms with Crippen LogP contribution in [0, 0.1) is 0 Å². The van der Waals surface area contributed by atoms with Crippen LogP contribution in [0.15, 0.2) is 22.5 Å². The summed E-state index contributed by atoms with van der Waals surface area (Å²) in [4.78, 5) is 18.6. The third-order valence-electron chi connectivity index (χ3n) is 2.26. The lowest BCUT2D eigenvalue weighted by molar-refractivity contribution is -0.118. The van der Waals surface area contributed by atoms with Gasteiger partial charge in [-0.25, -0.2) is 4.99 Å². The van der Waals surface area contributed by atoms with Crippen molar-refractivity contribution in [2.75, 3.05) is 13.6 Å². The maximum absolute atomic E-state index is 11.1. The van der Waals surface area contributed by atoms with Gasteiger partial charge in [-0.2, -0.15) is 0 Å². The molecule has 0 bridgehead atoms. The normalized spacial score (nSPS) is 20.8. The average molecular weight is 223 g/mol. The smallest absolute Gasteiger partial charge is 0.246 e. The first-order chi connectivity index (χ1) is 7.16. The van der Waals surface area contributed by atoms with Crippen molar-refractivity contribution in [1.29, 1.82) is 0 Å². The first kappa shape index (κ1) is 10.2. The van der Waals surface area contributed by atoms with Gasteiger partial charge in [-0.15, -0.1) is 11.3 Å². The number of thiophene rings is 1. The zero-order valence-corrected chi connectivity index (χ0v) is 9.54. The third-order valence-corrected chi connectivity index (χ3v) is 3.31. The summed E-state index contributed by atoms with van der Waals surface area (Å²) < 4.78 is 0. The largest absolute Gasteiger partial charge is 0.336 e. The highest BCUT2D eigenvalue weighted by molar-refractivity contribution is 7.10. The van der Waals surface area contributed by atoms with E-state index in [0.717, 1.165) is 0 Å². The fraction of sp³-hybridized carbons (Fsp3) is 0.400. The van der Waals surface area contributed by atoms with Crippen LogP contribution >= 0.6 is 11.3 Å². The highest BCUT2D eigenvalue weighted by atomic mass is 32.1. The molecule has 0 unspecified atom stereocenters. The number of guanidine groups is 1. The second kappa shape index (κ2) is 4.02. The summed E-state index contributed by atoms with van der Waals surface area (Å²) in [6, 6.07) is 4.16. The van der Waals surface area contributed by atoms with E-state index in [2.05, 4.69) is 16.4 Å². The van der Waals surface area contributed by atoms with Crippen molar-refractivity contribution >= 4 is 23.2 Å². The lowest BCUT2D eigenvalue weighted by Gasteiger charge is -2.11. The molecule has 1 N–H and O–H groups in total. The van der Waals surface area contributed by atoms with Crippen molar-refractivity contribution in [3.8, 4) is 0 Å². The van der Waals surface area contributed by atoms with E-state index in [-0.39, 0.29) is 11.9 Å². The monoisotopic (exact) mass is 223 g/mol. The Hall–Kier alpha value is -1.36. The van der Waals surface area contributed by atoms with Crippen LogP contribution in [0.1, 0.15) is 17.8 Å². The number of nitrogens with one attached hydrogen (secondary N) is 1. The number of hydrogen-bond donors (Lipinski definition) is 1. The van der Waals surface area contributed by atoms with Crippen molar-refractivity contribution < 1.29 is 4.79 Å². The molecule has 2 rings (SSSR count). The molecule has 80 valence electrons. The van der Waals surface area contributed by atoms with Gasteiger partial charge in [0, 0.05) is 11.9 Å². The van der Waals surface area contributed by atoms with Gasteiger partial charge in [0.25, 0.3) is 0 Å². The molecular weight excluding hydrogens is 210 g/mol. The van der Waals surface area contributed by atoms with E-state index in [0.29, 0.717) is 12.5 Å². The minimum atomic E-state index is 0.00892. The molecule has 0 saturated carbocycles. The summed E-state index contributed by atoms with van der Waals surface area (Å²) >= 11 is 1.68. The summed E-state index contributed by atoms with van der Waals surface area (Å²) in [5, 5.41) is 4.77. The maximum Gasteiger partial charge on any atom is 0.246 e. The molecule has 5 heteroatoms. The number of rotatable bonds is 2. The van der Waals surface area contributed by atoms with Gasteiger partial charge in [0.05, 0.1) is 12.6 Å². The van der Waals surface area contributed by atoms with E-state index in [1.54, 1.807) is 11.3 Å². The van der Waals surface area contributed by atoms with Crippen LogP contribution in [0.3, 0.4) is 0 Å². The predicted octanol–water partition coefficient (Wildman–Crippen LogP) is 1.23. The predicted molar refractivity (Wildman–Crippen MR) is 60.9 cm³/mol. The number of aliphatic imine (C=N–C) groups is 1. The molecule has 0 spiro atoms. The van der Waals surface area contributed by atoms with Gasteiger partial charge in [-0.05, 0) is 18.4 Å². The Balaban J connectivity index is 2.13. The van der Waals surface area contributed by atoms with Crippen molar-refractivity contribution in [2.24, 2.45) is 4.99 Å². The molecule has 1 aliphatic rings. The molecule has 1 fully saturated rings. The van der Waals surface area contributed by atoms with Gasteiger partial charge >= 0.3 is 0 Å². The summed E-state index contributed by atoms with van der Waals surface area (Å²) in [6.07, 6.45) is 0. The van der Waals surface area contributed by atoms with E-state index in [9.17, 15) is 4.79 Å². The van der Waals surface area contributed by atoms with Crippen LogP contribution in [0.25, 0.3) is 0 Å². The second-order valence-corrected chi connectivity index (χ2v) is 4.53. The number of likely N-dealkylation sites (N-methyl/N-ethyl adjacent to an activating group) is 1. The minimum Gasteiger partial charge on any atom is -0.336 e. The summed E-state index contributed by atoms with van der Waals surface area (Å²) in [5.41, 5.74) is 0. The molecule has 15 heavy (non-hydrogen) atoms. The van der Waals surface area contributed by atoms with E-state index in [1.165, 1.54) is 4.88 Å². The van der Waals surface area contributed by atoms with E-state index in [1.807, 2.05) is 30.3 Å². The molecule has 0 aromatic carbocycles. The number of nitrogens with zero attached hydrogens (tertiary/aromatic N) is 2. The lowest BCUT2D eigenvalue weighted by Crippen LogP contribution is -2.27. The average Bonchev–Trinajstić information content (AvgIpc) is 2.76. The topological polar surface area (TPSA) is 44.7 Å². The summed E-state index contributed by atoms with van der Waals surface area (Å²) in [7, 11) is 1.86. The molecule has 1 aromatic rings. The Morgan fingerprint density at radius 3 is 3.00 bits per heavy atom. The van der Waals surface area contributed by atoms with Crippen LogP contribution in [0.2, 0.25) is 0 Å². The van der Waals surface area contributed by atoms with Gasteiger partial charge in [0.1, 0.15) is 0 Å². The Morgan fingerprint density at radius 2 is 2.47 bits per heavy atom. The molecule has 1 amide bonds. The minimum absolute atomic E-state index is 0.00892. The van der Waals surface area contributed by atoms with Gasteiger partial charge in [-0.3, -0.25) is 10.1 Å². The lowest BCUT2D eigenvalue weighted by atomic mass is 10.3. The molecule has 1 aliphatic heterocycles. The summed E-state index contributed by atoms with van der Waals surface area (Å²) in [6.45, 7) is 2.42. The van der Waals surface area contributed by atoms with Crippen LogP contribution < -0.4 is 5.32 Å². The van der Waals surface area contributed by atoms with Gasteiger partial charge < -0.3 is 4.90 Å². The molecule has 2 heterocycles.